The van der Waals surface area contributed by atoms with Crippen molar-refractivity contribution in [3.8, 4) is 5.75 Å². The molecule has 2 aliphatic heterocycles. The van der Waals surface area contributed by atoms with Gasteiger partial charge in [0, 0.05) is 13.5 Å². The topological polar surface area (TPSA) is 112 Å². The molecule has 2 aromatic carbocycles. The van der Waals surface area contributed by atoms with Crippen molar-refractivity contribution in [3.63, 3.8) is 0 Å². The number of rotatable bonds is 7. The number of amides is 1. The van der Waals surface area contributed by atoms with Gasteiger partial charge in [0.15, 0.2) is 5.82 Å². The number of hydrogen-bond acceptors (Lipinski definition) is 10. The Morgan fingerprint density at radius 2 is 1.77 bits per heavy atom. The van der Waals surface area contributed by atoms with Gasteiger partial charge in [-0.3, -0.25) is 14.5 Å². The monoisotopic (exact) mass is 507 g/mol. The molecular weight excluding hydrogens is 485 g/mol. The number of carbonyl (C=O) groups excluding carboxylic acids is 3. The summed E-state index contributed by atoms with van der Waals surface area (Å²) in [5.74, 6) is -1.52. The van der Waals surface area contributed by atoms with Gasteiger partial charge in [-0.05, 0) is 54.2 Å². The van der Waals surface area contributed by atoms with E-state index in [1.807, 2.05) is 37.3 Å². The van der Waals surface area contributed by atoms with Gasteiger partial charge in [0.25, 0.3) is 5.17 Å². The first-order chi connectivity index (χ1) is 16.2. The number of fused-ring (bicyclic) bond motifs is 2. The van der Waals surface area contributed by atoms with E-state index in [4.69, 9.17) is 26.4 Å². The number of carboxylic acids is 1. The first-order valence-corrected chi connectivity index (χ1v) is 10.9. The molecule has 35 heavy (non-hydrogen) atoms. The fourth-order valence-corrected chi connectivity index (χ4v) is 4.30. The number of carbonyl (C=O) groups is 3. The minimum atomic E-state index is -1.32. The summed E-state index contributed by atoms with van der Waals surface area (Å²) in [7, 11) is 1.58. The third-order valence-corrected chi connectivity index (χ3v) is 5.81. The van der Waals surface area contributed by atoms with Crippen molar-refractivity contribution >= 4 is 57.4 Å². The number of ether oxygens (including phenoxy) is 3. The van der Waals surface area contributed by atoms with Gasteiger partial charge in [0.05, 0.1) is 37.5 Å². The van der Waals surface area contributed by atoms with Crippen LogP contribution in [0.3, 0.4) is 0 Å². The van der Waals surface area contributed by atoms with Crippen molar-refractivity contribution in [2.24, 2.45) is 0 Å². The molecule has 4 rings (SSSR count). The van der Waals surface area contributed by atoms with Gasteiger partial charge >= 0.3 is 41.4 Å². The van der Waals surface area contributed by atoms with E-state index in [-0.39, 0.29) is 59.5 Å². The zero-order valence-electron chi connectivity index (χ0n) is 19.8. The number of esters is 1. The summed E-state index contributed by atoms with van der Waals surface area (Å²) in [5, 5.41) is 13.3. The molecule has 0 N–H and O–H groups in total. The van der Waals surface area contributed by atoms with E-state index in [1.165, 1.54) is 16.7 Å². The number of nitrogens with zero attached hydrogens (tertiary/aromatic N) is 3. The second kappa shape index (κ2) is 10.8. The summed E-state index contributed by atoms with van der Waals surface area (Å²) in [4.78, 5) is 40.4. The largest absolute Gasteiger partial charge is 1.00 e. The predicted molar refractivity (Wildman–Crippen MR) is 125 cm³/mol. The number of aliphatic carboxylic acids is 1. The third kappa shape index (κ3) is 5.08. The summed E-state index contributed by atoms with van der Waals surface area (Å²) in [6, 6.07) is 9.31. The number of carboxylic acid groups (broad SMARTS) is 1. The zero-order chi connectivity index (χ0) is 24.6. The number of hydrogen-bond donors (Lipinski definition) is 0. The van der Waals surface area contributed by atoms with E-state index in [0.29, 0.717) is 23.7 Å². The summed E-state index contributed by atoms with van der Waals surface area (Å²) < 4.78 is 15.9. The van der Waals surface area contributed by atoms with E-state index in [1.54, 1.807) is 12.0 Å². The van der Waals surface area contributed by atoms with Crippen LogP contribution in [-0.4, -0.2) is 61.3 Å². The van der Waals surface area contributed by atoms with Gasteiger partial charge in [-0.15, -0.1) is 0 Å². The quantitative estimate of drug-likeness (QED) is 0.183. The first kappa shape index (κ1) is 26.7. The fraction of sp³-hybridized carbons (Fsp3) is 0.304. The Morgan fingerprint density at radius 1 is 1.09 bits per heavy atom. The van der Waals surface area contributed by atoms with Crippen molar-refractivity contribution < 1.29 is 63.3 Å². The van der Waals surface area contributed by atoms with Gasteiger partial charge in [0.2, 0.25) is 5.76 Å². The minimum Gasteiger partial charge on any atom is -0.548 e. The molecule has 2 heterocycles. The van der Waals surface area contributed by atoms with Gasteiger partial charge in [-0.1, -0.05) is 6.07 Å². The Bertz CT molecular complexity index is 1250. The minimum absolute atomic E-state index is 0. The van der Waals surface area contributed by atoms with Crippen LogP contribution in [0, 0.1) is 0 Å². The standard InChI is InChI=1S/C23H23N3O7S.Na/c1-4-24-17-11-15-9-16(31-3)6-5-14(15)10-18(17)26(12-19(28)29)21(24)20-22(30)25(23(34)33-20)7-8-32-13(2)27;/h5-6,9-11H,4,7-8,12H2,1-3H3,(H,28,29);/q;+1/p-1/b21-20+;. The maximum absolute atomic E-state index is 13.2. The third-order valence-electron chi connectivity index (χ3n) is 5.51. The van der Waals surface area contributed by atoms with E-state index in [9.17, 15) is 19.5 Å². The van der Waals surface area contributed by atoms with E-state index < -0.39 is 24.4 Å². The van der Waals surface area contributed by atoms with Crippen LogP contribution in [0.4, 0.5) is 11.4 Å². The first-order valence-electron chi connectivity index (χ1n) is 10.5. The molecule has 2 aliphatic rings. The normalized spacial score (nSPS) is 16.8. The molecular formula is C23H22N3NaO7S. The maximum Gasteiger partial charge on any atom is 1.00 e. The molecule has 178 valence electrons. The van der Waals surface area contributed by atoms with Crippen LogP contribution in [0.5, 0.6) is 5.75 Å². The molecule has 0 spiro atoms. The number of anilines is 2. The Labute approximate surface area is 229 Å². The molecule has 1 amide bonds. The van der Waals surface area contributed by atoms with E-state index in [0.717, 1.165) is 10.8 Å². The van der Waals surface area contributed by atoms with Crippen LogP contribution in [-0.2, 0) is 23.9 Å². The molecule has 0 aromatic heterocycles. The second-order valence-electron chi connectivity index (χ2n) is 7.57. The van der Waals surface area contributed by atoms with Gasteiger partial charge in [-0.25, -0.2) is 0 Å². The van der Waals surface area contributed by atoms with Crippen molar-refractivity contribution in [1.82, 2.24) is 4.90 Å². The zero-order valence-corrected chi connectivity index (χ0v) is 22.6. The van der Waals surface area contributed by atoms with Gasteiger partial charge < -0.3 is 33.9 Å². The number of methoxy groups -OCH3 is 1. The Hall–Kier alpha value is -2.86. The maximum atomic E-state index is 13.2. The van der Waals surface area contributed by atoms with Crippen LogP contribution in [0.15, 0.2) is 41.9 Å². The number of benzene rings is 2. The Balaban J connectivity index is 0.00000342. The van der Waals surface area contributed by atoms with Crippen molar-refractivity contribution in [1.29, 1.82) is 0 Å². The van der Waals surface area contributed by atoms with Crippen molar-refractivity contribution in [2.75, 3.05) is 43.2 Å². The molecule has 12 heteroatoms. The average molecular weight is 508 g/mol. The Kier molecular flexibility index (Phi) is 8.26. The van der Waals surface area contributed by atoms with Crippen molar-refractivity contribution in [2.45, 2.75) is 13.8 Å². The summed E-state index contributed by atoms with van der Waals surface area (Å²) in [6.45, 7) is 3.01. The van der Waals surface area contributed by atoms with E-state index >= 15 is 0 Å². The SMILES string of the molecule is CCN1/C(=C2\OC(=S)N(CCOC(C)=O)C2=O)N(CC(=O)[O-])c2cc3ccc(OC)cc3cc21.[Na+]. The molecule has 0 radical (unpaired) electrons. The molecule has 0 atom stereocenters. The van der Waals surface area contributed by atoms with Crippen LogP contribution < -0.4 is 49.2 Å². The van der Waals surface area contributed by atoms with Crippen LogP contribution in [0.1, 0.15) is 13.8 Å². The summed E-state index contributed by atoms with van der Waals surface area (Å²) in [5.41, 5.74) is 1.29. The molecule has 1 saturated heterocycles. The van der Waals surface area contributed by atoms with E-state index in [2.05, 4.69) is 0 Å². The van der Waals surface area contributed by atoms with Gasteiger partial charge in [0.1, 0.15) is 12.4 Å². The van der Waals surface area contributed by atoms with Crippen LogP contribution >= 0.6 is 12.2 Å². The molecule has 10 nitrogen and oxygen atoms in total. The van der Waals surface area contributed by atoms with Gasteiger partial charge in [-0.2, -0.15) is 0 Å². The molecule has 2 aromatic rings. The molecule has 0 bridgehead atoms. The summed E-state index contributed by atoms with van der Waals surface area (Å²) >= 11 is 5.22. The molecule has 0 unspecified atom stereocenters. The smallest absolute Gasteiger partial charge is 0.548 e. The van der Waals surface area contributed by atoms with Crippen molar-refractivity contribution in [3.05, 3.63) is 41.9 Å². The second-order valence-corrected chi connectivity index (χ2v) is 7.92. The molecule has 1 fully saturated rings. The molecule has 0 saturated carbocycles. The van der Waals surface area contributed by atoms with Crippen LogP contribution in [0.25, 0.3) is 10.8 Å². The summed E-state index contributed by atoms with van der Waals surface area (Å²) in [6.07, 6.45) is 0. The number of thiocarbonyl (C=S) groups is 1. The fourth-order valence-electron chi connectivity index (χ4n) is 4.05. The average Bonchev–Trinajstić information content (AvgIpc) is 3.24. The molecule has 0 aliphatic carbocycles. The predicted octanol–water partition coefficient (Wildman–Crippen LogP) is -1.88. The van der Waals surface area contributed by atoms with Crippen LogP contribution in [0.2, 0.25) is 0 Å². The Morgan fingerprint density at radius 3 is 2.40 bits per heavy atom.